The Morgan fingerprint density at radius 3 is 2.21 bits per heavy atom. The number of hydrogen-bond acceptors (Lipinski definition) is 3. The van der Waals surface area contributed by atoms with E-state index in [1.807, 2.05) is 30.3 Å². The highest BCUT2D eigenvalue weighted by molar-refractivity contribution is 7.86. The molecule has 0 spiro atoms. The fourth-order valence-corrected chi connectivity index (χ4v) is 4.33. The third-order valence-electron chi connectivity index (χ3n) is 4.41. The van der Waals surface area contributed by atoms with E-state index in [0.29, 0.717) is 28.8 Å². The third kappa shape index (κ3) is 2.29. The van der Waals surface area contributed by atoms with Gasteiger partial charge in [0, 0.05) is 17.7 Å². The lowest BCUT2D eigenvalue weighted by Crippen LogP contribution is -2.05. The third-order valence-corrected chi connectivity index (χ3v) is 5.40. The number of nitrogens with two attached hydrogens (primary N) is 1. The van der Waals surface area contributed by atoms with Gasteiger partial charge >= 0.3 is 0 Å². The molecule has 3 N–H and O–H groups in total. The van der Waals surface area contributed by atoms with Gasteiger partial charge in [0.1, 0.15) is 4.90 Å². The predicted molar refractivity (Wildman–Crippen MR) is 94.3 cm³/mol. The van der Waals surface area contributed by atoms with Crippen molar-refractivity contribution in [2.24, 2.45) is 0 Å². The number of benzene rings is 3. The van der Waals surface area contributed by atoms with Crippen molar-refractivity contribution in [1.29, 1.82) is 0 Å². The molecule has 0 saturated heterocycles. The molecule has 0 atom stereocenters. The van der Waals surface area contributed by atoms with Crippen LogP contribution in [0.1, 0.15) is 11.1 Å². The molecule has 1 aliphatic carbocycles. The SMILES string of the molecule is Nc1ccc(-c2ccc3c(c2S(=O)(=O)O)Cc2ccccc2-3)cc1. The highest BCUT2D eigenvalue weighted by Gasteiger charge is 2.29. The predicted octanol–water partition coefficient (Wildman–Crippen LogP) is 3.75. The molecule has 0 bridgehead atoms. The molecule has 0 radical (unpaired) electrons. The first-order chi connectivity index (χ1) is 11.4. The average Bonchev–Trinajstić information content (AvgIpc) is 2.92. The zero-order chi connectivity index (χ0) is 16.9. The van der Waals surface area contributed by atoms with E-state index in [2.05, 4.69) is 0 Å². The molecule has 1 aliphatic rings. The topological polar surface area (TPSA) is 80.4 Å². The Kier molecular flexibility index (Phi) is 3.23. The first kappa shape index (κ1) is 14.9. The minimum absolute atomic E-state index is 0.0130. The van der Waals surface area contributed by atoms with E-state index >= 15 is 0 Å². The number of nitrogen functional groups attached to an aromatic ring is 1. The molecule has 3 aromatic carbocycles. The molecule has 4 nitrogen and oxygen atoms in total. The lowest BCUT2D eigenvalue weighted by molar-refractivity contribution is 0.483. The van der Waals surface area contributed by atoms with E-state index in [4.69, 9.17) is 5.73 Å². The smallest absolute Gasteiger partial charge is 0.295 e. The fraction of sp³-hybridized carbons (Fsp3) is 0.0526. The highest BCUT2D eigenvalue weighted by atomic mass is 32.2. The molecule has 0 aromatic heterocycles. The molecular formula is C19H15NO3S. The van der Waals surface area contributed by atoms with E-state index in [0.717, 1.165) is 16.7 Å². The fourth-order valence-electron chi connectivity index (χ4n) is 3.37. The van der Waals surface area contributed by atoms with Crippen LogP contribution < -0.4 is 5.73 Å². The lowest BCUT2D eigenvalue weighted by Gasteiger charge is -2.13. The molecule has 0 fully saturated rings. The van der Waals surface area contributed by atoms with Crippen molar-refractivity contribution < 1.29 is 13.0 Å². The van der Waals surface area contributed by atoms with Gasteiger partial charge < -0.3 is 5.73 Å². The minimum Gasteiger partial charge on any atom is -0.399 e. The largest absolute Gasteiger partial charge is 0.399 e. The summed E-state index contributed by atoms with van der Waals surface area (Å²) in [6.07, 6.45) is 0.490. The van der Waals surface area contributed by atoms with Gasteiger partial charge in [0.25, 0.3) is 10.1 Å². The summed E-state index contributed by atoms with van der Waals surface area (Å²) in [5, 5.41) is 0. The Bertz CT molecular complexity index is 1050. The number of hydrogen-bond donors (Lipinski definition) is 2. The second-order valence-corrected chi connectivity index (χ2v) is 7.26. The molecule has 120 valence electrons. The van der Waals surface area contributed by atoms with E-state index in [-0.39, 0.29) is 4.90 Å². The van der Waals surface area contributed by atoms with Gasteiger partial charge in [0.05, 0.1) is 0 Å². The summed E-state index contributed by atoms with van der Waals surface area (Å²) in [7, 11) is -4.37. The average molecular weight is 337 g/mol. The van der Waals surface area contributed by atoms with E-state index < -0.39 is 10.1 Å². The second kappa shape index (κ2) is 5.19. The van der Waals surface area contributed by atoms with Crippen LogP contribution in [-0.4, -0.2) is 13.0 Å². The highest BCUT2D eigenvalue weighted by Crippen LogP contribution is 2.43. The van der Waals surface area contributed by atoms with Gasteiger partial charge in [-0.25, -0.2) is 0 Å². The number of anilines is 1. The summed E-state index contributed by atoms with van der Waals surface area (Å²) in [6, 6.07) is 18.4. The monoisotopic (exact) mass is 337 g/mol. The van der Waals surface area contributed by atoms with Crippen LogP contribution >= 0.6 is 0 Å². The maximum absolute atomic E-state index is 12.1. The van der Waals surface area contributed by atoms with Gasteiger partial charge in [0.15, 0.2) is 0 Å². The van der Waals surface area contributed by atoms with Crippen LogP contribution in [0.15, 0.2) is 65.6 Å². The van der Waals surface area contributed by atoms with Gasteiger partial charge in [-0.15, -0.1) is 0 Å². The maximum Gasteiger partial charge on any atom is 0.295 e. The van der Waals surface area contributed by atoms with Gasteiger partial charge in [-0.3, -0.25) is 4.55 Å². The Morgan fingerprint density at radius 1 is 0.833 bits per heavy atom. The van der Waals surface area contributed by atoms with Crippen LogP contribution in [0.5, 0.6) is 0 Å². The van der Waals surface area contributed by atoms with Crippen LogP contribution in [0.2, 0.25) is 0 Å². The van der Waals surface area contributed by atoms with Gasteiger partial charge in [0.2, 0.25) is 0 Å². The van der Waals surface area contributed by atoms with Crippen LogP contribution in [0, 0.1) is 0 Å². The van der Waals surface area contributed by atoms with Gasteiger partial charge in [-0.05, 0) is 39.9 Å². The number of fused-ring (bicyclic) bond motifs is 3. The zero-order valence-electron chi connectivity index (χ0n) is 12.7. The van der Waals surface area contributed by atoms with Crippen LogP contribution in [-0.2, 0) is 16.5 Å². The summed E-state index contributed by atoms with van der Waals surface area (Å²) in [4.78, 5) is -0.0130. The minimum atomic E-state index is -4.37. The Labute approximate surface area is 140 Å². The van der Waals surface area contributed by atoms with Crippen molar-refractivity contribution in [3.05, 3.63) is 71.8 Å². The maximum atomic E-state index is 12.1. The summed E-state index contributed by atoms with van der Waals surface area (Å²) in [5.74, 6) is 0. The normalized spacial score (nSPS) is 12.7. The van der Waals surface area contributed by atoms with E-state index in [1.54, 1.807) is 30.3 Å². The molecule has 4 rings (SSSR count). The molecule has 3 aromatic rings. The lowest BCUT2D eigenvalue weighted by atomic mass is 9.98. The molecule has 0 unspecified atom stereocenters. The first-order valence-corrected chi connectivity index (χ1v) is 8.97. The summed E-state index contributed by atoms with van der Waals surface area (Å²) in [6.45, 7) is 0. The van der Waals surface area contributed by atoms with E-state index in [1.165, 1.54) is 0 Å². The van der Waals surface area contributed by atoms with Crippen molar-refractivity contribution in [2.75, 3.05) is 5.73 Å². The van der Waals surface area contributed by atoms with Crippen molar-refractivity contribution in [3.8, 4) is 22.3 Å². The van der Waals surface area contributed by atoms with Gasteiger partial charge in [-0.1, -0.05) is 48.5 Å². The molecule has 5 heteroatoms. The van der Waals surface area contributed by atoms with Crippen molar-refractivity contribution >= 4 is 15.8 Å². The Morgan fingerprint density at radius 2 is 1.50 bits per heavy atom. The summed E-state index contributed by atoms with van der Waals surface area (Å²) in [5.41, 5.74) is 11.1. The second-order valence-electron chi connectivity index (χ2n) is 5.90. The molecule has 24 heavy (non-hydrogen) atoms. The van der Waals surface area contributed by atoms with Crippen LogP contribution in [0.25, 0.3) is 22.3 Å². The molecule has 0 heterocycles. The summed E-state index contributed by atoms with van der Waals surface area (Å²) >= 11 is 0. The molecule has 0 saturated carbocycles. The first-order valence-electron chi connectivity index (χ1n) is 7.53. The van der Waals surface area contributed by atoms with E-state index in [9.17, 15) is 13.0 Å². The van der Waals surface area contributed by atoms with Crippen molar-refractivity contribution in [2.45, 2.75) is 11.3 Å². The Hall–Kier alpha value is -2.63. The Balaban J connectivity index is 2.02. The standard InChI is InChI=1S/C19H15NO3S/c20-14-7-5-12(6-8-14)16-9-10-17-15-4-2-1-3-13(15)11-18(17)19(16)24(21,22)23/h1-10H,11,20H2,(H,21,22,23). The summed E-state index contributed by atoms with van der Waals surface area (Å²) < 4.78 is 34.1. The molecule has 0 aliphatic heterocycles. The van der Waals surface area contributed by atoms with Gasteiger partial charge in [-0.2, -0.15) is 8.42 Å². The zero-order valence-corrected chi connectivity index (χ0v) is 13.5. The van der Waals surface area contributed by atoms with Crippen molar-refractivity contribution in [1.82, 2.24) is 0 Å². The molecular weight excluding hydrogens is 322 g/mol. The number of rotatable bonds is 2. The van der Waals surface area contributed by atoms with Crippen LogP contribution in [0.4, 0.5) is 5.69 Å². The molecule has 0 amide bonds. The van der Waals surface area contributed by atoms with Crippen molar-refractivity contribution in [3.63, 3.8) is 0 Å². The quantitative estimate of drug-likeness (QED) is 0.431. The van der Waals surface area contributed by atoms with Crippen LogP contribution in [0.3, 0.4) is 0 Å².